The summed E-state index contributed by atoms with van der Waals surface area (Å²) in [6.07, 6.45) is 3.75. The van der Waals surface area contributed by atoms with E-state index in [-0.39, 0.29) is 29.4 Å². The number of H-pyrrole nitrogens is 1. The monoisotopic (exact) mass is 194 g/mol. The normalized spacial score (nSPS) is 6.00. The smallest absolute Gasteiger partial charge is 0.166 e. The number of nitrogens with one attached hydrogen (secondary N) is 1. The maximum atomic E-state index is 2.89. The summed E-state index contributed by atoms with van der Waals surface area (Å²) in [4.78, 5) is 2.89. The predicted octanol–water partition coefficient (Wildman–Crippen LogP) is -5.49. The molecule has 0 radical (unpaired) electrons. The largest absolute Gasteiger partial charge is 1.00 e. The minimum absolute atomic E-state index is 0. The number of aromatic amines is 1. The molecule has 0 aliphatic rings. The Morgan fingerprint density at radius 2 is 1.38 bits per heavy atom. The van der Waals surface area contributed by atoms with E-state index < -0.39 is 0 Å². The van der Waals surface area contributed by atoms with Crippen LogP contribution >= 0.6 is 0 Å². The van der Waals surface area contributed by atoms with Gasteiger partial charge < -0.3 is 29.4 Å². The van der Waals surface area contributed by atoms with E-state index in [0.29, 0.717) is 0 Å². The Labute approximate surface area is 65.3 Å². The zero-order valence-electron chi connectivity index (χ0n) is 4.14. The Balaban J connectivity index is 0. The van der Waals surface area contributed by atoms with E-state index >= 15 is 0 Å². The fraction of sp³-hybridized carbons (Fsp3) is 0. The van der Waals surface area contributed by atoms with Crippen molar-refractivity contribution >= 4 is 0 Å². The maximum Gasteiger partial charge on any atom is 0.166 e. The second kappa shape index (κ2) is 6.92. The first-order valence-electron chi connectivity index (χ1n) is 1.91. The zero-order chi connectivity index (χ0) is 4.24. The van der Waals surface area contributed by atoms with E-state index in [0.717, 1.165) is 0 Å². The minimum Gasteiger partial charge on any atom is -1.00 e. The molecular formula is C5H6BrClN-. The van der Waals surface area contributed by atoms with E-state index in [1.165, 1.54) is 0 Å². The first kappa shape index (κ1) is 10.8. The Bertz CT molecular complexity index is 84.4. The Morgan fingerprint density at radius 1 is 0.875 bits per heavy atom. The topological polar surface area (TPSA) is 14.1 Å². The standard InChI is InChI=1S/C5H5N.BrH.ClH/c1-2-4-6-5-3-1;;/h1-5H;2*1H/p-1. The van der Waals surface area contributed by atoms with E-state index in [2.05, 4.69) is 4.98 Å². The highest BCUT2D eigenvalue weighted by molar-refractivity contribution is 4.82. The molecule has 0 saturated heterocycles. The van der Waals surface area contributed by atoms with Crippen LogP contribution in [0.3, 0.4) is 0 Å². The second-order valence-corrected chi connectivity index (χ2v) is 1.08. The molecule has 0 atom stereocenters. The summed E-state index contributed by atoms with van der Waals surface area (Å²) in [5.74, 6) is 0. The molecule has 1 nitrogen and oxygen atoms in total. The molecule has 1 aromatic rings. The van der Waals surface area contributed by atoms with Crippen LogP contribution in [0, 0.1) is 0 Å². The van der Waals surface area contributed by atoms with Crippen LogP contribution in [0.2, 0.25) is 0 Å². The van der Waals surface area contributed by atoms with E-state index in [9.17, 15) is 0 Å². The summed E-state index contributed by atoms with van der Waals surface area (Å²) >= 11 is 0. The van der Waals surface area contributed by atoms with Gasteiger partial charge in [-0.3, -0.25) is 0 Å². The van der Waals surface area contributed by atoms with Gasteiger partial charge in [0.2, 0.25) is 0 Å². The van der Waals surface area contributed by atoms with Crippen molar-refractivity contribution in [3.8, 4) is 0 Å². The SMILES string of the molecule is [Br-].[Cl-].c1cc[nH+]cc1. The summed E-state index contributed by atoms with van der Waals surface area (Å²) in [7, 11) is 0. The molecule has 1 rings (SSSR count). The van der Waals surface area contributed by atoms with E-state index in [1.807, 2.05) is 30.6 Å². The van der Waals surface area contributed by atoms with Crippen molar-refractivity contribution < 1.29 is 34.4 Å². The molecule has 0 aromatic carbocycles. The molecule has 0 bridgehead atoms. The molecule has 46 valence electrons. The van der Waals surface area contributed by atoms with Crippen LogP contribution in [0.1, 0.15) is 0 Å². The number of aromatic nitrogens is 1. The van der Waals surface area contributed by atoms with Crippen LogP contribution in [0.4, 0.5) is 0 Å². The third kappa shape index (κ3) is 4.09. The lowest BCUT2D eigenvalue weighted by molar-refractivity contribution is -0.377. The Kier molecular flexibility index (Phi) is 9.36. The third-order valence-corrected chi connectivity index (χ3v) is 0.607. The summed E-state index contributed by atoms with van der Waals surface area (Å²) in [6, 6.07) is 5.86. The van der Waals surface area contributed by atoms with Crippen LogP contribution in [0.25, 0.3) is 0 Å². The van der Waals surface area contributed by atoms with Crippen molar-refractivity contribution in [1.29, 1.82) is 0 Å². The fourth-order valence-corrected chi connectivity index (χ4v) is 0.342. The van der Waals surface area contributed by atoms with Crippen LogP contribution < -0.4 is 34.4 Å². The molecule has 0 unspecified atom stereocenters. The lowest BCUT2D eigenvalue weighted by Gasteiger charge is -1.63. The molecule has 0 spiro atoms. The van der Waals surface area contributed by atoms with Crippen molar-refractivity contribution in [3.05, 3.63) is 30.6 Å². The molecule has 0 aliphatic heterocycles. The maximum absolute atomic E-state index is 2.89. The third-order valence-electron chi connectivity index (χ3n) is 0.607. The summed E-state index contributed by atoms with van der Waals surface area (Å²) < 4.78 is 0. The Morgan fingerprint density at radius 3 is 1.50 bits per heavy atom. The highest BCUT2D eigenvalue weighted by atomic mass is 79.9. The molecule has 1 heterocycles. The van der Waals surface area contributed by atoms with Gasteiger partial charge in [0, 0.05) is 12.1 Å². The van der Waals surface area contributed by atoms with Gasteiger partial charge >= 0.3 is 0 Å². The molecule has 8 heavy (non-hydrogen) atoms. The van der Waals surface area contributed by atoms with Crippen LogP contribution in [-0.4, -0.2) is 0 Å². The fourth-order valence-electron chi connectivity index (χ4n) is 0.342. The number of pyridine rings is 1. The first-order valence-corrected chi connectivity index (χ1v) is 1.91. The van der Waals surface area contributed by atoms with Crippen LogP contribution in [0.15, 0.2) is 30.6 Å². The van der Waals surface area contributed by atoms with E-state index in [4.69, 9.17) is 0 Å². The lowest BCUT2D eigenvalue weighted by atomic mass is 10.5. The first-order chi connectivity index (χ1) is 3.00. The molecular weight excluding hydrogens is 189 g/mol. The van der Waals surface area contributed by atoms with Gasteiger partial charge in [0.1, 0.15) is 0 Å². The molecule has 3 heteroatoms. The molecule has 0 aliphatic carbocycles. The van der Waals surface area contributed by atoms with E-state index in [1.54, 1.807) is 0 Å². The zero-order valence-corrected chi connectivity index (χ0v) is 6.48. The van der Waals surface area contributed by atoms with Gasteiger partial charge in [-0.05, 0) is 0 Å². The highest BCUT2D eigenvalue weighted by Gasteiger charge is 1.65. The number of hydrogen-bond acceptors (Lipinski definition) is 0. The minimum atomic E-state index is 0. The van der Waals surface area contributed by atoms with Crippen molar-refractivity contribution in [3.63, 3.8) is 0 Å². The number of rotatable bonds is 0. The van der Waals surface area contributed by atoms with Crippen molar-refractivity contribution in [2.45, 2.75) is 0 Å². The number of hydrogen-bond donors (Lipinski definition) is 0. The average molecular weight is 195 g/mol. The molecule has 1 N–H and O–H groups in total. The van der Waals surface area contributed by atoms with Gasteiger partial charge in [0.05, 0.1) is 0 Å². The summed E-state index contributed by atoms with van der Waals surface area (Å²) in [6.45, 7) is 0. The second-order valence-electron chi connectivity index (χ2n) is 1.08. The van der Waals surface area contributed by atoms with Gasteiger partial charge in [-0.25, -0.2) is 4.98 Å². The quantitative estimate of drug-likeness (QED) is 0.392. The van der Waals surface area contributed by atoms with Gasteiger partial charge in [0.25, 0.3) is 0 Å². The lowest BCUT2D eigenvalue weighted by Crippen LogP contribution is -3.00. The highest BCUT2D eigenvalue weighted by Crippen LogP contribution is 1.68. The van der Waals surface area contributed by atoms with Crippen molar-refractivity contribution in [2.75, 3.05) is 0 Å². The summed E-state index contributed by atoms with van der Waals surface area (Å²) in [5, 5.41) is 0. The van der Waals surface area contributed by atoms with Gasteiger partial charge in [-0.1, -0.05) is 6.07 Å². The van der Waals surface area contributed by atoms with Gasteiger partial charge in [0.15, 0.2) is 12.4 Å². The summed E-state index contributed by atoms with van der Waals surface area (Å²) in [5.41, 5.74) is 0. The average Bonchev–Trinajstić information content (AvgIpc) is 1.72. The molecule has 0 saturated carbocycles. The van der Waals surface area contributed by atoms with Crippen molar-refractivity contribution in [2.24, 2.45) is 0 Å². The molecule has 0 amide bonds. The van der Waals surface area contributed by atoms with Crippen molar-refractivity contribution in [1.82, 2.24) is 0 Å². The molecule has 0 fully saturated rings. The number of halogens is 2. The van der Waals surface area contributed by atoms with Crippen LogP contribution in [0.5, 0.6) is 0 Å². The van der Waals surface area contributed by atoms with Gasteiger partial charge in [-0.2, -0.15) is 0 Å². The van der Waals surface area contributed by atoms with Crippen LogP contribution in [-0.2, 0) is 0 Å². The Hall–Kier alpha value is -0.0800. The predicted molar refractivity (Wildman–Crippen MR) is 23.0 cm³/mol. The van der Waals surface area contributed by atoms with Gasteiger partial charge in [-0.15, -0.1) is 0 Å². The molecule has 1 aromatic heterocycles.